The minimum atomic E-state index is -0.220. The quantitative estimate of drug-likeness (QED) is 0.877. The van der Waals surface area contributed by atoms with Gasteiger partial charge in [-0.1, -0.05) is 18.5 Å². The monoisotopic (exact) mass is 266 g/mol. The molecule has 1 heterocycles. The zero-order valence-corrected chi connectivity index (χ0v) is 11.0. The van der Waals surface area contributed by atoms with E-state index < -0.39 is 0 Å². The topological polar surface area (TPSA) is 17.0 Å². The molecular weight excluding hydrogens is 251 g/mol. The first-order valence-corrected chi connectivity index (χ1v) is 6.37. The number of nitrogens with one attached hydrogen (secondary N) is 1. The second-order valence-corrected chi connectivity index (χ2v) is 4.58. The van der Waals surface area contributed by atoms with E-state index in [0.29, 0.717) is 17.1 Å². The van der Waals surface area contributed by atoms with E-state index >= 15 is 0 Å². The molecule has 2 aromatic rings. The van der Waals surface area contributed by atoms with Crippen LogP contribution in [-0.4, -0.2) is 11.1 Å². The Hall–Kier alpha value is -1.32. The van der Waals surface area contributed by atoms with Crippen molar-refractivity contribution < 1.29 is 4.39 Å². The summed E-state index contributed by atoms with van der Waals surface area (Å²) < 4.78 is 15.7. The molecule has 0 fully saturated rings. The molecular formula is C14H16ClFN2. The fourth-order valence-corrected chi connectivity index (χ4v) is 2.06. The first-order valence-electron chi connectivity index (χ1n) is 5.99. The molecule has 18 heavy (non-hydrogen) atoms. The zero-order chi connectivity index (χ0) is 13.0. The van der Waals surface area contributed by atoms with Crippen LogP contribution in [-0.2, 0) is 13.1 Å². The van der Waals surface area contributed by atoms with E-state index in [-0.39, 0.29) is 5.82 Å². The van der Waals surface area contributed by atoms with Gasteiger partial charge in [0.1, 0.15) is 5.82 Å². The summed E-state index contributed by atoms with van der Waals surface area (Å²) in [6.45, 7) is 4.26. The van der Waals surface area contributed by atoms with E-state index in [1.807, 2.05) is 22.9 Å². The number of hydrogen-bond donors (Lipinski definition) is 1. The van der Waals surface area contributed by atoms with Crippen LogP contribution in [0.25, 0.3) is 0 Å². The Labute approximate surface area is 111 Å². The van der Waals surface area contributed by atoms with Gasteiger partial charge in [-0.3, -0.25) is 0 Å². The summed E-state index contributed by atoms with van der Waals surface area (Å²) >= 11 is 5.89. The molecule has 0 bridgehead atoms. The van der Waals surface area contributed by atoms with Gasteiger partial charge in [0.15, 0.2) is 0 Å². The van der Waals surface area contributed by atoms with Crippen LogP contribution in [0.15, 0.2) is 36.5 Å². The summed E-state index contributed by atoms with van der Waals surface area (Å²) in [5.74, 6) is -0.220. The van der Waals surface area contributed by atoms with Crippen LogP contribution < -0.4 is 5.32 Å². The maximum absolute atomic E-state index is 13.7. The Bertz CT molecular complexity index is 522. The van der Waals surface area contributed by atoms with Crippen LogP contribution in [0.3, 0.4) is 0 Å². The zero-order valence-electron chi connectivity index (χ0n) is 10.3. The van der Waals surface area contributed by atoms with Gasteiger partial charge < -0.3 is 9.88 Å². The van der Waals surface area contributed by atoms with Crippen LogP contribution >= 0.6 is 11.6 Å². The van der Waals surface area contributed by atoms with Crippen LogP contribution in [0.4, 0.5) is 4.39 Å². The summed E-state index contributed by atoms with van der Waals surface area (Å²) in [6.07, 6.45) is 1.95. The number of hydrogen-bond acceptors (Lipinski definition) is 1. The highest BCUT2D eigenvalue weighted by Crippen LogP contribution is 2.17. The molecule has 0 atom stereocenters. The molecule has 0 unspecified atom stereocenters. The van der Waals surface area contributed by atoms with Gasteiger partial charge >= 0.3 is 0 Å². The predicted octanol–water partition coefficient (Wildman–Crippen LogP) is 3.44. The van der Waals surface area contributed by atoms with Crippen molar-refractivity contribution in [3.63, 3.8) is 0 Å². The van der Waals surface area contributed by atoms with Crippen molar-refractivity contribution in [1.82, 2.24) is 9.88 Å². The smallest absolute Gasteiger partial charge is 0.128 e. The van der Waals surface area contributed by atoms with Crippen LogP contribution in [0.1, 0.15) is 18.2 Å². The Morgan fingerprint density at radius 2 is 2.17 bits per heavy atom. The van der Waals surface area contributed by atoms with Gasteiger partial charge in [0.2, 0.25) is 0 Å². The summed E-state index contributed by atoms with van der Waals surface area (Å²) in [5.41, 5.74) is 1.74. The van der Waals surface area contributed by atoms with Gasteiger partial charge in [-0.15, -0.1) is 0 Å². The molecule has 0 saturated carbocycles. The number of rotatable bonds is 5. The summed E-state index contributed by atoms with van der Waals surface area (Å²) in [4.78, 5) is 0. The lowest BCUT2D eigenvalue weighted by Crippen LogP contribution is -2.15. The Morgan fingerprint density at radius 3 is 2.94 bits per heavy atom. The van der Waals surface area contributed by atoms with Gasteiger partial charge in [0.05, 0.1) is 6.54 Å². The number of aromatic nitrogens is 1. The molecule has 4 heteroatoms. The molecule has 1 N–H and O–H groups in total. The molecule has 1 aromatic carbocycles. The van der Waals surface area contributed by atoms with Gasteiger partial charge in [-0.25, -0.2) is 4.39 Å². The maximum atomic E-state index is 13.7. The van der Waals surface area contributed by atoms with Crippen molar-refractivity contribution in [3.8, 4) is 0 Å². The van der Waals surface area contributed by atoms with E-state index in [1.165, 1.54) is 6.07 Å². The third kappa shape index (κ3) is 3.12. The molecule has 0 amide bonds. The van der Waals surface area contributed by atoms with Crippen LogP contribution in [0.5, 0.6) is 0 Å². The van der Waals surface area contributed by atoms with Gasteiger partial charge in [-0.2, -0.15) is 0 Å². The van der Waals surface area contributed by atoms with Crippen LogP contribution in [0, 0.1) is 5.82 Å². The first kappa shape index (κ1) is 13.1. The Kier molecular flexibility index (Phi) is 4.39. The fourth-order valence-electron chi connectivity index (χ4n) is 1.87. The van der Waals surface area contributed by atoms with Crippen molar-refractivity contribution in [2.75, 3.05) is 6.54 Å². The number of benzene rings is 1. The highest BCUT2D eigenvalue weighted by Gasteiger charge is 2.06. The van der Waals surface area contributed by atoms with E-state index in [9.17, 15) is 4.39 Å². The molecule has 1 aromatic heterocycles. The van der Waals surface area contributed by atoms with Gasteiger partial charge in [-0.05, 0) is 36.9 Å². The average Bonchev–Trinajstić information content (AvgIpc) is 2.79. The van der Waals surface area contributed by atoms with Crippen molar-refractivity contribution in [2.24, 2.45) is 0 Å². The first-order chi connectivity index (χ1) is 8.70. The lowest BCUT2D eigenvalue weighted by molar-refractivity contribution is 0.590. The number of nitrogens with zero attached hydrogens (tertiary/aromatic N) is 1. The summed E-state index contributed by atoms with van der Waals surface area (Å²) in [6, 6.07) is 8.65. The second kappa shape index (κ2) is 6.03. The molecule has 0 saturated heterocycles. The van der Waals surface area contributed by atoms with E-state index in [0.717, 1.165) is 18.8 Å². The predicted molar refractivity (Wildman–Crippen MR) is 72.3 cm³/mol. The SMILES string of the molecule is CCNCc1cccn1Cc1cc(Cl)ccc1F. The minimum absolute atomic E-state index is 0.220. The summed E-state index contributed by atoms with van der Waals surface area (Å²) in [5, 5.41) is 3.82. The van der Waals surface area contributed by atoms with Gasteiger partial charge in [0, 0.05) is 29.0 Å². The molecule has 96 valence electrons. The Balaban J connectivity index is 2.18. The third-order valence-electron chi connectivity index (χ3n) is 2.83. The van der Waals surface area contributed by atoms with Crippen LogP contribution in [0.2, 0.25) is 5.02 Å². The fraction of sp³-hybridized carbons (Fsp3) is 0.286. The molecule has 0 aliphatic carbocycles. The third-order valence-corrected chi connectivity index (χ3v) is 3.06. The lowest BCUT2D eigenvalue weighted by atomic mass is 10.2. The normalized spacial score (nSPS) is 10.8. The standard InChI is InChI=1S/C14H16ClFN2/c1-2-17-9-13-4-3-7-18(13)10-11-8-12(15)5-6-14(11)16/h3-8,17H,2,9-10H2,1H3. The van der Waals surface area contributed by atoms with Crippen molar-refractivity contribution in [1.29, 1.82) is 0 Å². The lowest BCUT2D eigenvalue weighted by Gasteiger charge is -2.10. The van der Waals surface area contributed by atoms with E-state index in [1.54, 1.807) is 12.1 Å². The highest BCUT2D eigenvalue weighted by molar-refractivity contribution is 6.30. The highest BCUT2D eigenvalue weighted by atomic mass is 35.5. The summed E-state index contributed by atoms with van der Waals surface area (Å²) in [7, 11) is 0. The molecule has 0 aliphatic rings. The van der Waals surface area contributed by atoms with Crippen molar-refractivity contribution >= 4 is 11.6 Å². The molecule has 0 radical (unpaired) electrons. The molecule has 0 spiro atoms. The van der Waals surface area contributed by atoms with E-state index in [2.05, 4.69) is 12.2 Å². The van der Waals surface area contributed by atoms with Crippen molar-refractivity contribution in [3.05, 3.63) is 58.6 Å². The minimum Gasteiger partial charge on any atom is -0.346 e. The van der Waals surface area contributed by atoms with Crippen molar-refractivity contribution in [2.45, 2.75) is 20.0 Å². The Morgan fingerprint density at radius 1 is 1.33 bits per heavy atom. The number of halogens is 2. The molecule has 2 rings (SSSR count). The second-order valence-electron chi connectivity index (χ2n) is 4.14. The van der Waals surface area contributed by atoms with E-state index in [4.69, 9.17) is 11.6 Å². The molecule has 2 nitrogen and oxygen atoms in total. The largest absolute Gasteiger partial charge is 0.346 e. The van der Waals surface area contributed by atoms with Gasteiger partial charge in [0.25, 0.3) is 0 Å². The maximum Gasteiger partial charge on any atom is 0.128 e. The molecule has 0 aliphatic heterocycles. The average molecular weight is 267 g/mol.